The lowest BCUT2D eigenvalue weighted by Crippen LogP contribution is -2.08. The summed E-state index contributed by atoms with van der Waals surface area (Å²) in [5.74, 6) is -0.521. The van der Waals surface area contributed by atoms with E-state index in [9.17, 15) is 18.6 Å². The Morgan fingerprint density at radius 3 is 2.50 bits per heavy atom. The zero-order valence-corrected chi connectivity index (χ0v) is 12.8. The van der Waals surface area contributed by atoms with E-state index in [1.54, 1.807) is 18.2 Å². The van der Waals surface area contributed by atoms with Gasteiger partial charge in [0.1, 0.15) is 16.4 Å². The molecule has 0 amide bonds. The number of hydrogen-bond donors (Lipinski definition) is 2. The van der Waals surface area contributed by atoms with Crippen molar-refractivity contribution < 1.29 is 18.6 Å². The van der Waals surface area contributed by atoms with Crippen LogP contribution in [-0.4, -0.2) is 18.6 Å². The lowest BCUT2D eigenvalue weighted by Gasteiger charge is -2.22. The van der Waals surface area contributed by atoms with Gasteiger partial charge in [0.05, 0.1) is 4.90 Å². The highest BCUT2D eigenvalue weighted by molar-refractivity contribution is 7.91. The monoisotopic (exact) mass is 316 g/mol. The Morgan fingerprint density at radius 1 is 1.14 bits per heavy atom. The second kappa shape index (κ2) is 5.18. The largest absolute Gasteiger partial charge is 0.508 e. The lowest BCUT2D eigenvalue weighted by molar-refractivity contribution is 0.432. The van der Waals surface area contributed by atoms with E-state index in [-0.39, 0.29) is 27.2 Å². The fourth-order valence-electron chi connectivity index (χ4n) is 2.82. The Labute approximate surface area is 129 Å². The van der Waals surface area contributed by atoms with Gasteiger partial charge in [-0.25, -0.2) is 8.42 Å². The standard InChI is InChI=1S/C17H16O4S/c1-11-6-5-9-13-14(18)10-15(17(19)16(11)13)22(20,21)12-7-3-2-4-8-12/h2-8,10-11,18-19H,9H2,1H3. The molecule has 1 aliphatic carbocycles. The molecule has 0 saturated heterocycles. The molecule has 4 nitrogen and oxygen atoms in total. The summed E-state index contributed by atoms with van der Waals surface area (Å²) in [5.41, 5.74) is 1.07. The van der Waals surface area contributed by atoms with Crippen LogP contribution in [0.2, 0.25) is 0 Å². The summed E-state index contributed by atoms with van der Waals surface area (Å²) in [6, 6.07) is 9.03. The summed E-state index contributed by atoms with van der Waals surface area (Å²) in [4.78, 5) is -0.166. The fourth-order valence-corrected chi connectivity index (χ4v) is 4.22. The molecule has 114 valence electrons. The first-order valence-corrected chi connectivity index (χ1v) is 8.45. The number of sulfone groups is 1. The number of phenols is 2. The van der Waals surface area contributed by atoms with Gasteiger partial charge in [0.25, 0.3) is 0 Å². The van der Waals surface area contributed by atoms with Crippen LogP contribution in [0.1, 0.15) is 24.0 Å². The minimum absolute atomic E-state index is 0.0867. The van der Waals surface area contributed by atoms with Gasteiger partial charge in [0.2, 0.25) is 9.84 Å². The average Bonchev–Trinajstić information content (AvgIpc) is 2.51. The van der Waals surface area contributed by atoms with E-state index < -0.39 is 9.84 Å². The third kappa shape index (κ3) is 2.18. The van der Waals surface area contributed by atoms with Crippen LogP contribution in [0.25, 0.3) is 0 Å². The second-order valence-electron chi connectivity index (χ2n) is 5.37. The van der Waals surface area contributed by atoms with Crippen molar-refractivity contribution in [2.45, 2.75) is 29.1 Å². The van der Waals surface area contributed by atoms with Crippen molar-refractivity contribution in [1.82, 2.24) is 0 Å². The van der Waals surface area contributed by atoms with Crippen LogP contribution in [0, 0.1) is 0 Å². The SMILES string of the molecule is CC1C=CCc2c(O)cc(S(=O)(=O)c3ccccc3)c(O)c21. The normalized spacial score (nSPS) is 17.2. The second-order valence-corrected chi connectivity index (χ2v) is 7.29. The number of rotatable bonds is 2. The molecule has 0 radical (unpaired) electrons. The highest BCUT2D eigenvalue weighted by Gasteiger charge is 2.29. The molecule has 0 aromatic heterocycles. The van der Waals surface area contributed by atoms with E-state index in [4.69, 9.17) is 0 Å². The van der Waals surface area contributed by atoms with E-state index >= 15 is 0 Å². The van der Waals surface area contributed by atoms with E-state index in [0.29, 0.717) is 17.5 Å². The van der Waals surface area contributed by atoms with Gasteiger partial charge >= 0.3 is 0 Å². The highest BCUT2D eigenvalue weighted by Crippen LogP contribution is 2.44. The lowest BCUT2D eigenvalue weighted by atomic mass is 9.88. The van der Waals surface area contributed by atoms with E-state index in [0.717, 1.165) is 6.07 Å². The molecule has 1 atom stereocenters. The molecule has 2 aromatic rings. The zero-order chi connectivity index (χ0) is 15.9. The Hall–Kier alpha value is -2.27. The molecule has 0 bridgehead atoms. The third-order valence-electron chi connectivity index (χ3n) is 3.94. The first-order valence-electron chi connectivity index (χ1n) is 6.97. The van der Waals surface area contributed by atoms with Gasteiger partial charge in [-0.2, -0.15) is 0 Å². The topological polar surface area (TPSA) is 74.6 Å². The number of aromatic hydroxyl groups is 2. The number of fused-ring (bicyclic) bond motifs is 1. The van der Waals surface area contributed by atoms with Crippen molar-refractivity contribution in [3.05, 3.63) is 59.7 Å². The Morgan fingerprint density at radius 2 is 1.82 bits per heavy atom. The van der Waals surface area contributed by atoms with Crippen molar-refractivity contribution in [1.29, 1.82) is 0 Å². The van der Waals surface area contributed by atoms with Crippen LogP contribution in [0.15, 0.2) is 58.3 Å². The van der Waals surface area contributed by atoms with E-state index in [1.165, 1.54) is 12.1 Å². The molecule has 0 heterocycles. The average molecular weight is 316 g/mol. The summed E-state index contributed by atoms with van der Waals surface area (Å²) in [5, 5.41) is 20.7. The van der Waals surface area contributed by atoms with Crippen molar-refractivity contribution in [2.75, 3.05) is 0 Å². The Bertz CT molecular complexity index is 852. The maximum atomic E-state index is 12.7. The molecule has 22 heavy (non-hydrogen) atoms. The van der Waals surface area contributed by atoms with Crippen molar-refractivity contribution >= 4 is 9.84 Å². The first-order chi connectivity index (χ1) is 10.4. The summed E-state index contributed by atoms with van der Waals surface area (Å²) >= 11 is 0. The van der Waals surface area contributed by atoms with Gasteiger partial charge in [0, 0.05) is 23.1 Å². The number of allylic oxidation sites excluding steroid dienone is 2. The van der Waals surface area contributed by atoms with E-state index in [1.807, 2.05) is 19.1 Å². The number of hydrogen-bond acceptors (Lipinski definition) is 4. The molecule has 0 spiro atoms. The number of benzene rings is 2. The van der Waals surface area contributed by atoms with E-state index in [2.05, 4.69) is 0 Å². The van der Waals surface area contributed by atoms with Crippen LogP contribution in [0.5, 0.6) is 11.5 Å². The molecule has 5 heteroatoms. The predicted octanol–water partition coefficient (Wildman–Crippen LogP) is 3.15. The molecule has 2 N–H and O–H groups in total. The first kappa shape index (κ1) is 14.7. The van der Waals surface area contributed by atoms with Gasteiger partial charge in [0.15, 0.2) is 0 Å². The quantitative estimate of drug-likeness (QED) is 0.659. The molecule has 0 aliphatic heterocycles. The molecule has 1 aliphatic rings. The Kier molecular flexibility index (Phi) is 3.45. The van der Waals surface area contributed by atoms with Crippen LogP contribution >= 0.6 is 0 Å². The minimum Gasteiger partial charge on any atom is -0.508 e. The highest BCUT2D eigenvalue weighted by atomic mass is 32.2. The minimum atomic E-state index is -3.88. The molecule has 1 unspecified atom stereocenters. The summed E-state index contributed by atoms with van der Waals surface area (Å²) < 4.78 is 25.4. The van der Waals surface area contributed by atoms with Gasteiger partial charge in [-0.05, 0) is 18.6 Å². The summed E-state index contributed by atoms with van der Waals surface area (Å²) in [6.07, 6.45) is 4.27. The Balaban J connectivity index is 2.26. The fraction of sp³-hybridized carbons (Fsp3) is 0.176. The van der Waals surface area contributed by atoms with Crippen LogP contribution in [0.4, 0.5) is 0 Å². The van der Waals surface area contributed by atoms with Crippen molar-refractivity contribution in [2.24, 2.45) is 0 Å². The molecule has 0 fully saturated rings. The smallest absolute Gasteiger partial charge is 0.210 e. The molecule has 2 aromatic carbocycles. The van der Waals surface area contributed by atoms with Gasteiger partial charge in [-0.3, -0.25) is 0 Å². The van der Waals surface area contributed by atoms with Crippen molar-refractivity contribution in [3.8, 4) is 11.5 Å². The van der Waals surface area contributed by atoms with Crippen LogP contribution in [0.3, 0.4) is 0 Å². The third-order valence-corrected chi connectivity index (χ3v) is 5.72. The van der Waals surface area contributed by atoms with Gasteiger partial charge in [-0.15, -0.1) is 0 Å². The van der Waals surface area contributed by atoms with Gasteiger partial charge < -0.3 is 10.2 Å². The summed E-state index contributed by atoms with van der Waals surface area (Å²) in [6.45, 7) is 1.85. The maximum absolute atomic E-state index is 12.7. The van der Waals surface area contributed by atoms with Crippen molar-refractivity contribution in [3.63, 3.8) is 0 Å². The number of phenolic OH excluding ortho intramolecular Hbond substituents is 2. The van der Waals surface area contributed by atoms with Crippen LogP contribution in [-0.2, 0) is 16.3 Å². The molecular formula is C17H16O4S. The maximum Gasteiger partial charge on any atom is 0.210 e. The zero-order valence-electron chi connectivity index (χ0n) is 12.0. The molecular weight excluding hydrogens is 300 g/mol. The van der Waals surface area contributed by atoms with Gasteiger partial charge in [-0.1, -0.05) is 37.3 Å². The molecule has 3 rings (SSSR count). The van der Waals surface area contributed by atoms with Crippen LogP contribution < -0.4 is 0 Å². The molecule has 0 saturated carbocycles. The predicted molar refractivity (Wildman–Crippen MR) is 82.9 cm³/mol. The summed E-state index contributed by atoms with van der Waals surface area (Å²) in [7, 11) is -3.88.